The van der Waals surface area contributed by atoms with Crippen molar-refractivity contribution >= 4 is 40.8 Å². The molecular formula is C20H36B4O5. The Morgan fingerprint density at radius 1 is 0.793 bits per heavy atom. The first-order chi connectivity index (χ1) is 14.9. The van der Waals surface area contributed by atoms with E-state index < -0.39 is 14.2 Å². The number of hydrogen-bond donors (Lipinski definition) is 4. The third-order valence-corrected chi connectivity index (χ3v) is 2.44. The predicted octanol–water partition coefficient (Wildman–Crippen LogP) is 0.285. The summed E-state index contributed by atoms with van der Waals surface area (Å²) in [5.74, 6) is 0. The second-order valence-corrected chi connectivity index (χ2v) is 5.48. The Bertz CT molecular complexity index is 554. The molecule has 0 aliphatic heterocycles. The Morgan fingerprint density at radius 2 is 1.17 bits per heavy atom. The van der Waals surface area contributed by atoms with Crippen LogP contribution in [-0.4, -0.2) is 65.7 Å². The van der Waals surface area contributed by atoms with Crippen LogP contribution in [0.3, 0.4) is 0 Å². The molecular weight excluding hydrogens is 363 g/mol. The minimum Gasteiger partial charge on any atom is -0.423 e. The highest BCUT2D eigenvalue weighted by molar-refractivity contribution is 6.60. The van der Waals surface area contributed by atoms with Crippen molar-refractivity contribution in [3.8, 4) is 0 Å². The summed E-state index contributed by atoms with van der Waals surface area (Å²) in [6.45, 7) is 8.50. The van der Waals surface area contributed by atoms with E-state index in [2.05, 4.69) is 27.7 Å². The van der Waals surface area contributed by atoms with Gasteiger partial charge in [0.1, 0.15) is 15.6 Å². The highest BCUT2D eigenvalue weighted by atomic mass is 16.5. The van der Waals surface area contributed by atoms with Gasteiger partial charge in [-0.3, -0.25) is 0 Å². The average Bonchev–Trinajstić information content (AvgIpc) is 2.80. The molecule has 2 rings (SSSR count). The van der Waals surface area contributed by atoms with E-state index in [1.807, 2.05) is 24.3 Å². The van der Waals surface area contributed by atoms with Gasteiger partial charge in [-0.1, -0.05) is 101 Å². The summed E-state index contributed by atoms with van der Waals surface area (Å²) in [6, 6.07) is 17.7. The van der Waals surface area contributed by atoms with Gasteiger partial charge in [-0.25, -0.2) is 0 Å². The molecule has 0 fully saturated rings. The zero-order chi connectivity index (χ0) is 24.3. The van der Waals surface area contributed by atoms with Gasteiger partial charge < -0.3 is 24.8 Å². The van der Waals surface area contributed by atoms with Gasteiger partial charge in [0.2, 0.25) is 0 Å². The number of benzene rings is 2. The van der Waals surface area contributed by atoms with Gasteiger partial charge in [0, 0.05) is 6.51 Å². The Hall–Kier alpha value is -1.50. The Kier molecular flexibility index (Phi) is 25.1. The molecule has 9 heteroatoms. The Labute approximate surface area is 183 Å². The normalized spacial score (nSPS) is 8.97. The third kappa shape index (κ3) is 24.5. The van der Waals surface area contributed by atoms with E-state index in [1.54, 1.807) is 36.4 Å². The monoisotopic (exact) mass is 404 g/mol. The summed E-state index contributed by atoms with van der Waals surface area (Å²) in [6.07, 6.45) is 2.50. The molecule has 29 heavy (non-hydrogen) atoms. The fraction of sp³-hybridized carbons (Fsp3) is 0.400. The maximum atomic E-state index is 9.33. The van der Waals surface area contributed by atoms with Crippen LogP contribution in [0.1, 0.15) is 40.5 Å². The van der Waals surface area contributed by atoms with Crippen LogP contribution in [0.4, 0.5) is 0 Å². The second-order valence-electron chi connectivity index (χ2n) is 5.48. The molecule has 2 radical (unpaired) electrons. The van der Waals surface area contributed by atoms with Crippen molar-refractivity contribution in [2.75, 3.05) is 13.0 Å². The van der Waals surface area contributed by atoms with Crippen LogP contribution in [0, 0.1) is 0 Å². The van der Waals surface area contributed by atoms with Gasteiger partial charge in [-0.05, 0) is 20.1 Å². The van der Waals surface area contributed by atoms with E-state index in [1.165, 1.54) is 12.8 Å². The molecule has 0 saturated heterocycles. The van der Waals surface area contributed by atoms with Gasteiger partial charge in [0.05, 0.1) is 0 Å². The number of hydrogen-bond acceptors (Lipinski definition) is 5. The van der Waals surface area contributed by atoms with Crippen molar-refractivity contribution in [1.82, 2.24) is 0 Å². The van der Waals surface area contributed by atoms with E-state index in [4.69, 9.17) is 22.5 Å². The molecule has 0 amide bonds. The van der Waals surface area contributed by atoms with Crippen LogP contribution in [0.5, 0.6) is 0 Å². The average molecular weight is 404 g/mol. The first kappa shape index (κ1) is 27.5. The van der Waals surface area contributed by atoms with Crippen LogP contribution in [0.25, 0.3) is 0 Å². The molecule has 0 saturated carbocycles. The van der Waals surface area contributed by atoms with Crippen LogP contribution in [-0.2, 0) is 4.65 Å². The van der Waals surface area contributed by atoms with Crippen molar-refractivity contribution in [3.63, 3.8) is 0 Å². The standard InChI is InChI=1S/C7H9B2O2.C6H7BO2.2C3H8.CH4BO/c8-6-11-9(10)7-4-2-1-3-5-7;8-7(9)6-4-2-1-3-5-6;2*1-3-2;2-1-3/h1-5,8,10H,6H2;1-5,8-9H;2*3H2,1-2H3;2-3H,1H2/i8T;;;;2T. The highest BCUT2D eigenvalue weighted by Crippen LogP contribution is 1.86. The van der Waals surface area contributed by atoms with E-state index in [9.17, 15) is 5.02 Å². The SMILES string of the molecule is CCC.CCC.OB(O)c1ccccc1.[3H][B]CO.[3H][B]COB(O)c1ccccc1. The first-order valence-corrected chi connectivity index (χ1v) is 9.66. The fourth-order valence-electron chi connectivity index (χ4n) is 1.43. The molecule has 0 atom stereocenters. The fourth-order valence-corrected chi connectivity index (χ4v) is 1.43. The number of aliphatic hydroxyl groups excluding tert-OH is 1. The van der Waals surface area contributed by atoms with Crippen molar-refractivity contribution in [2.45, 2.75) is 40.5 Å². The Morgan fingerprint density at radius 3 is 1.45 bits per heavy atom. The molecule has 2 aromatic carbocycles. The molecule has 4 N–H and O–H groups in total. The van der Waals surface area contributed by atoms with Crippen molar-refractivity contribution in [2.24, 2.45) is 0 Å². The minimum absolute atomic E-state index is 0.135. The summed E-state index contributed by atoms with van der Waals surface area (Å²) in [4.78, 5) is 0. The molecule has 0 aliphatic carbocycles. The quantitative estimate of drug-likeness (QED) is 0.520. The predicted molar refractivity (Wildman–Crippen MR) is 130 cm³/mol. The highest BCUT2D eigenvalue weighted by Gasteiger charge is 2.13. The van der Waals surface area contributed by atoms with Gasteiger partial charge >= 0.3 is 14.2 Å². The topological polar surface area (TPSA) is 90.2 Å². The lowest BCUT2D eigenvalue weighted by Gasteiger charge is -2.04. The summed E-state index contributed by atoms with van der Waals surface area (Å²) < 4.78 is 17.7. The lowest BCUT2D eigenvalue weighted by atomic mass is 9.79. The summed E-state index contributed by atoms with van der Waals surface area (Å²) in [5, 5.41) is 34.1. The third-order valence-electron chi connectivity index (χ3n) is 2.44. The Balaban J connectivity index is -0.000000362. The van der Waals surface area contributed by atoms with E-state index in [-0.39, 0.29) is 13.0 Å². The van der Waals surface area contributed by atoms with Crippen LogP contribution >= 0.6 is 0 Å². The molecule has 0 heterocycles. The number of aliphatic hydroxyl groups is 1. The van der Waals surface area contributed by atoms with Gasteiger partial charge in [-0.2, -0.15) is 0 Å². The summed E-state index contributed by atoms with van der Waals surface area (Å²) in [7, 11) is -0.231. The van der Waals surface area contributed by atoms with Gasteiger partial charge in [0.15, 0.2) is 0 Å². The molecule has 0 aromatic heterocycles. The molecule has 158 valence electrons. The minimum atomic E-state index is -1.34. The zero-order valence-corrected chi connectivity index (χ0v) is 18.1. The van der Waals surface area contributed by atoms with E-state index >= 15 is 0 Å². The van der Waals surface area contributed by atoms with Gasteiger partial charge in [0.25, 0.3) is 0 Å². The smallest absolute Gasteiger partial charge is 0.423 e. The zero-order valence-electron chi connectivity index (χ0n) is 20.1. The summed E-state index contributed by atoms with van der Waals surface area (Å²) in [5.41, 5.74) is 1.23. The van der Waals surface area contributed by atoms with Crippen molar-refractivity contribution < 1.29 is 24.8 Å². The maximum absolute atomic E-state index is 9.33. The molecule has 0 aliphatic rings. The first-order valence-electron chi connectivity index (χ1n) is 10.8. The number of rotatable bonds is 6. The van der Waals surface area contributed by atoms with Crippen molar-refractivity contribution in [3.05, 3.63) is 60.7 Å². The maximum Gasteiger partial charge on any atom is 0.490 e. The second kappa shape index (κ2) is 26.5. The largest absolute Gasteiger partial charge is 0.490 e. The lowest BCUT2D eigenvalue weighted by Crippen LogP contribution is -2.33. The van der Waals surface area contributed by atoms with Crippen molar-refractivity contribution in [1.29, 1.82) is 2.67 Å². The molecule has 0 spiro atoms. The molecule has 0 bridgehead atoms. The molecule has 5 nitrogen and oxygen atoms in total. The lowest BCUT2D eigenvalue weighted by molar-refractivity contribution is 0.322. The van der Waals surface area contributed by atoms with Crippen LogP contribution in [0.2, 0.25) is 0 Å². The van der Waals surface area contributed by atoms with E-state index in [0.717, 1.165) is 15.6 Å². The van der Waals surface area contributed by atoms with E-state index in [0.29, 0.717) is 10.9 Å². The van der Waals surface area contributed by atoms with Gasteiger partial charge in [-0.15, -0.1) is 0 Å². The van der Waals surface area contributed by atoms with Crippen LogP contribution in [0.15, 0.2) is 60.7 Å². The summed E-state index contributed by atoms with van der Waals surface area (Å²) >= 11 is 0. The molecule has 2 aromatic rings. The van der Waals surface area contributed by atoms with Crippen LogP contribution < -0.4 is 10.9 Å². The molecule has 0 unspecified atom stereocenters.